The molecule has 0 aromatic heterocycles. The van der Waals surface area contributed by atoms with Crippen molar-refractivity contribution in [2.24, 2.45) is 5.73 Å². The third-order valence-corrected chi connectivity index (χ3v) is 4.76. The molecule has 0 spiro atoms. The van der Waals surface area contributed by atoms with E-state index in [0.717, 1.165) is 0 Å². The van der Waals surface area contributed by atoms with E-state index < -0.39 is 24.5 Å². The molecule has 24 heavy (non-hydrogen) atoms. The lowest BCUT2D eigenvalue weighted by atomic mass is 10.0. The smallest absolute Gasteiger partial charge is 0.435 e. The van der Waals surface area contributed by atoms with Crippen LogP contribution in [0.4, 0.5) is 4.79 Å². The first-order valence-corrected chi connectivity index (χ1v) is 8.41. The van der Waals surface area contributed by atoms with E-state index in [-0.39, 0.29) is 30.2 Å². The third kappa shape index (κ3) is 3.65. The Balaban J connectivity index is 2.11. The topological polar surface area (TPSA) is 117 Å². The fourth-order valence-electron chi connectivity index (χ4n) is 2.37. The number of rotatable bonds is 6. The highest BCUT2D eigenvalue weighted by atomic mass is 32.2. The summed E-state index contributed by atoms with van der Waals surface area (Å²) in [5.74, 6) is -0.635. The Morgan fingerprint density at radius 2 is 2.12 bits per heavy atom. The highest BCUT2D eigenvalue weighted by Gasteiger charge is 2.52. The van der Waals surface area contributed by atoms with Crippen LogP contribution in [0.2, 0.25) is 0 Å². The molecule has 0 aliphatic carbocycles. The number of hydrogen-bond donors (Lipinski definition) is 1. The molecule has 10 heteroatoms. The molecule has 2 N–H and O–H groups in total. The number of methoxy groups -OCH3 is 1. The van der Waals surface area contributed by atoms with E-state index in [0.29, 0.717) is 11.3 Å². The normalized spacial score (nSPS) is 24.0. The summed E-state index contributed by atoms with van der Waals surface area (Å²) in [6.45, 7) is 3.32. The van der Waals surface area contributed by atoms with Crippen molar-refractivity contribution in [2.45, 2.75) is 31.6 Å². The number of esters is 1. The van der Waals surface area contributed by atoms with Gasteiger partial charge in [0, 0.05) is 19.8 Å². The summed E-state index contributed by atoms with van der Waals surface area (Å²) >= 11 is 1.46. The zero-order valence-corrected chi connectivity index (χ0v) is 14.5. The van der Waals surface area contributed by atoms with Crippen LogP contribution in [0, 0.1) is 0 Å². The van der Waals surface area contributed by atoms with E-state index in [1.165, 1.54) is 30.7 Å². The quantitative estimate of drug-likeness (QED) is 0.402. The summed E-state index contributed by atoms with van der Waals surface area (Å²) in [5, 5.41) is -0.304. The first-order valence-electron chi connectivity index (χ1n) is 7.36. The van der Waals surface area contributed by atoms with Crippen LogP contribution >= 0.6 is 11.8 Å². The summed E-state index contributed by atoms with van der Waals surface area (Å²) < 4.78 is 19.6. The number of amides is 1. The number of fused-ring (bicyclic) bond motifs is 1. The number of nitrogens with two attached hydrogens (primary N) is 1. The zero-order chi connectivity index (χ0) is 17.9. The van der Waals surface area contributed by atoms with E-state index in [4.69, 9.17) is 19.9 Å². The number of thioether (sulfide) groups is 1. The Labute approximate surface area is 143 Å². The first-order chi connectivity index (χ1) is 11.4. The molecule has 3 unspecified atom stereocenters. The van der Waals surface area contributed by atoms with Crippen molar-refractivity contribution in [2.75, 3.05) is 26.1 Å². The van der Waals surface area contributed by atoms with Gasteiger partial charge in [-0.05, 0) is 12.5 Å². The number of ether oxygens (including phenoxy) is 4. The van der Waals surface area contributed by atoms with Gasteiger partial charge in [0.15, 0.2) is 0 Å². The SMILES string of the molecule is CCOC(=O)OC(C)OC(=O)C1=C(COC)CSC2C(N)C(=O)N12. The summed E-state index contributed by atoms with van der Waals surface area (Å²) in [6.07, 6.45) is -2.10. The average Bonchev–Trinajstić information content (AvgIpc) is 2.53. The van der Waals surface area contributed by atoms with Crippen molar-refractivity contribution >= 4 is 29.8 Å². The van der Waals surface area contributed by atoms with Crippen LogP contribution in [0.1, 0.15) is 13.8 Å². The van der Waals surface area contributed by atoms with Gasteiger partial charge >= 0.3 is 12.1 Å². The minimum Gasteiger partial charge on any atom is -0.435 e. The largest absolute Gasteiger partial charge is 0.511 e. The van der Waals surface area contributed by atoms with Crippen molar-refractivity contribution in [3.8, 4) is 0 Å². The molecule has 0 radical (unpaired) electrons. The molecule has 2 heterocycles. The van der Waals surface area contributed by atoms with Gasteiger partial charge in [-0.25, -0.2) is 9.59 Å². The Bertz CT molecular complexity index is 565. The molecule has 1 amide bonds. The number of nitrogens with zero attached hydrogens (tertiary/aromatic N) is 1. The first kappa shape index (κ1) is 18.6. The number of β-lactam (4-membered cyclic amide) rings is 1. The van der Waals surface area contributed by atoms with Gasteiger partial charge in [0.25, 0.3) is 0 Å². The Morgan fingerprint density at radius 1 is 1.42 bits per heavy atom. The molecule has 1 saturated heterocycles. The summed E-state index contributed by atoms with van der Waals surface area (Å²) in [6, 6.07) is -0.643. The van der Waals surface area contributed by atoms with Gasteiger partial charge in [-0.3, -0.25) is 9.69 Å². The van der Waals surface area contributed by atoms with Crippen molar-refractivity contribution in [1.82, 2.24) is 4.90 Å². The molecule has 0 aromatic carbocycles. The molecule has 3 atom stereocenters. The van der Waals surface area contributed by atoms with Crippen molar-refractivity contribution in [3.63, 3.8) is 0 Å². The van der Waals surface area contributed by atoms with Gasteiger partial charge in [-0.15, -0.1) is 11.8 Å². The number of carbonyl (C=O) groups is 3. The highest BCUT2D eigenvalue weighted by Crippen LogP contribution is 2.39. The highest BCUT2D eigenvalue weighted by molar-refractivity contribution is 8.00. The Morgan fingerprint density at radius 3 is 2.75 bits per heavy atom. The predicted molar refractivity (Wildman–Crippen MR) is 83.6 cm³/mol. The Kier molecular flexibility index (Phi) is 6.08. The fourth-order valence-corrected chi connectivity index (χ4v) is 3.65. The molecule has 0 saturated carbocycles. The van der Waals surface area contributed by atoms with Gasteiger partial charge in [0.05, 0.1) is 13.2 Å². The lowest BCUT2D eigenvalue weighted by molar-refractivity contribution is -0.168. The summed E-state index contributed by atoms with van der Waals surface area (Å²) in [7, 11) is 1.49. The molecule has 0 bridgehead atoms. The Hall–Kier alpha value is -1.78. The minimum atomic E-state index is -1.16. The van der Waals surface area contributed by atoms with Crippen LogP contribution in [0.5, 0.6) is 0 Å². The van der Waals surface area contributed by atoms with E-state index in [9.17, 15) is 14.4 Å². The third-order valence-electron chi connectivity index (χ3n) is 3.40. The van der Waals surface area contributed by atoms with Crippen LogP contribution in [0.3, 0.4) is 0 Å². The monoisotopic (exact) mass is 360 g/mol. The van der Waals surface area contributed by atoms with Crippen LogP contribution in [0.15, 0.2) is 11.3 Å². The lowest BCUT2D eigenvalue weighted by Gasteiger charge is -2.48. The maximum Gasteiger partial charge on any atom is 0.511 e. The van der Waals surface area contributed by atoms with E-state index >= 15 is 0 Å². The van der Waals surface area contributed by atoms with Gasteiger partial charge in [-0.1, -0.05) is 0 Å². The zero-order valence-electron chi connectivity index (χ0n) is 13.6. The van der Waals surface area contributed by atoms with Crippen molar-refractivity contribution < 1.29 is 33.3 Å². The van der Waals surface area contributed by atoms with Gasteiger partial charge < -0.3 is 24.7 Å². The predicted octanol–water partition coefficient (Wildman–Crippen LogP) is 0.192. The lowest BCUT2D eigenvalue weighted by Crippen LogP contribution is -2.68. The average molecular weight is 360 g/mol. The minimum absolute atomic E-state index is 0.103. The maximum absolute atomic E-state index is 12.5. The van der Waals surface area contributed by atoms with Gasteiger partial charge in [0.1, 0.15) is 17.1 Å². The van der Waals surface area contributed by atoms with Crippen LogP contribution < -0.4 is 5.73 Å². The molecule has 0 aromatic rings. The fraction of sp³-hybridized carbons (Fsp3) is 0.643. The van der Waals surface area contributed by atoms with Gasteiger partial charge in [0.2, 0.25) is 12.2 Å². The molecular formula is C14H20N2O7S. The molecular weight excluding hydrogens is 340 g/mol. The standard InChI is InChI=1S/C14H20N2O7S/c1-4-21-14(19)23-7(2)22-13(18)10-8(5-20-3)6-24-12-9(15)11(17)16(10)12/h7,9,12H,4-6,15H2,1-3H3. The maximum atomic E-state index is 12.5. The summed E-state index contributed by atoms with van der Waals surface area (Å²) in [5.41, 5.74) is 6.48. The van der Waals surface area contributed by atoms with E-state index in [1.807, 2.05) is 0 Å². The molecule has 9 nitrogen and oxygen atoms in total. The van der Waals surface area contributed by atoms with Crippen LogP contribution in [-0.2, 0) is 28.5 Å². The van der Waals surface area contributed by atoms with Crippen LogP contribution in [-0.4, -0.2) is 66.7 Å². The van der Waals surface area contributed by atoms with E-state index in [1.54, 1.807) is 6.92 Å². The van der Waals surface area contributed by atoms with Gasteiger partial charge in [-0.2, -0.15) is 0 Å². The van der Waals surface area contributed by atoms with Crippen molar-refractivity contribution in [3.05, 3.63) is 11.3 Å². The molecule has 134 valence electrons. The van der Waals surface area contributed by atoms with Crippen molar-refractivity contribution in [1.29, 1.82) is 0 Å². The number of hydrogen-bond acceptors (Lipinski definition) is 9. The second kappa shape index (κ2) is 7.86. The molecule has 2 aliphatic heterocycles. The van der Waals surface area contributed by atoms with E-state index in [2.05, 4.69) is 4.74 Å². The number of carbonyl (C=O) groups excluding carboxylic acids is 3. The van der Waals surface area contributed by atoms with Crippen LogP contribution in [0.25, 0.3) is 0 Å². The molecule has 1 fully saturated rings. The molecule has 2 rings (SSSR count). The second-order valence-electron chi connectivity index (χ2n) is 5.09. The molecule has 2 aliphatic rings. The summed E-state index contributed by atoms with van der Waals surface area (Å²) in [4.78, 5) is 37.0. The second-order valence-corrected chi connectivity index (χ2v) is 6.20.